The second kappa shape index (κ2) is 3.49. The monoisotopic (exact) mass is 227 g/mol. The van der Waals surface area contributed by atoms with Crippen LogP contribution in [0.4, 0.5) is 0 Å². The van der Waals surface area contributed by atoms with Crippen molar-refractivity contribution >= 4 is 29.0 Å². The minimum atomic E-state index is 1.32. The van der Waals surface area contributed by atoms with Crippen molar-refractivity contribution in [1.82, 2.24) is 0 Å². The van der Waals surface area contributed by atoms with Crippen LogP contribution in [0.25, 0.3) is 21.9 Å². The van der Waals surface area contributed by atoms with Crippen LogP contribution in [-0.2, 0) is 0 Å². The first kappa shape index (κ1) is 9.96. The maximum atomic E-state index is 2.31. The van der Waals surface area contributed by atoms with Gasteiger partial charge in [0, 0.05) is 0 Å². The molecule has 1 heteroatoms. The standard InChI is InChI=1S/C17H12B/c1-11-6-8-13-12(10-11)7-9-15-14-4-2-3-5-16(14)18-17(13)15/h2-10H,1H3. The minimum absolute atomic E-state index is 1.32. The maximum absolute atomic E-state index is 2.31. The van der Waals surface area contributed by atoms with Gasteiger partial charge in [-0.3, -0.25) is 0 Å². The van der Waals surface area contributed by atoms with Crippen molar-refractivity contribution in [2.24, 2.45) is 0 Å². The Labute approximate surface area is 108 Å². The molecule has 1 aliphatic heterocycles. The van der Waals surface area contributed by atoms with Gasteiger partial charge in [0.25, 0.3) is 0 Å². The normalized spacial score (nSPS) is 12.1. The second-order valence-corrected chi connectivity index (χ2v) is 4.98. The van der Waals surface area contributed by atoms with Gasteiger partial charge in [-0.05, 0) is 28.8 Å². The topological polar surface area (TPSA) is 0 Å². The van der Waals surface area contributed by atoms with Crippen molar-refractivity contribution in [2.75, 3.05) is 0 Å². The lowest BCUT2D eigenvalue weighted by Gasteiger charge is -2.06. The molecule has 0 saturated heterocycles. The summed E-state index contributed by atoms with van der Waals surface area (Å²) in [6.45, 7) is 2.14. The number of fused-ring (bicyclic) bond motifs is 5. The van der Waals surface area contributed by atoms with Gasteiger partial charge in [-0.25, -0.2) is 0 Å². The smallest absolute Gasteiger partial charge is 0.0737 e. The number of hydrogen-bond acceptors (Lipinski definition) is 0. The van der Waals surface area contributed by atoms with E-state index in [0.717, 1.165) is 0 Å². The van der Waals surface area contributed by atoms with Gasteiger partial charge < -0.3 is 0 Å². The highest BCUT2D eigenvalue weighted by atomic mass is 14.1. The van der Waals surface area contributed by atoms with Gasteiger partial charge in [-0.2, -0.15) is 0 Å². The molecule has 0 aliphatic carbocycles. The fraction of sp³-hybridized carbons (Fsp3) is 0.0588. The number of benzene rings is 3. The molecule has 1 radical (unpaired) electrons. The molecule has 1 aliphatic rings. The van der Waals surface area contributed by atoms with Crippen LogP contribution in [-0.4, -0.2) is 7.28 Å². The molecule has 0 amide bonds. The van der Waals surface area contributed by atoms with Crippen molar-refractivity contribution in [2.45, 2.75) is 6.92 Å². The first-order valence-corrected chi connectivity index (χ1v) is 6.30. The Balaban J connectivity index is 2.07. The summed E-state index contributed by atoms with van der Waals surface area (Å²) >= 11 is 0. The predicted octanol–water partition coefficient (Wildman–Crippen LogP) is 2.78. The van der Waals surface area contributed by atoms with E-state index in [9.17, 15) is 0 Å². The van der Waals surface area contributed by atoms with Crippen molar-refractivity contribution in [1.29, 1.82) is 0 Å². The van der Waals surface area contributed by atoms with Crippen LogP contribution in [0.15, 0.2) is 54.6 Å². The molecule has 3 aromatic carbocycles. The summed E-state index contributed by atoms with van der Waals surface area (Å²) in [5.41, 5.74) is 6.74. The molecule has 0 spiro atoms. The van der Waals surface area contributed by atoms with E-state index in [1.807, 2.05) is 0 Å². The SMILES string of the molecule is Cc1ccc2c3c(ccc2c1)-c1ccccc1[B]3. The Morgan fingerprint density at radius 2 is 1.72 bits per heavy atom. The average Bonchev–Trinajstić information content (AvgIpc) is 2.77. The molecule has 0 atom stereocenters. The Morgan fingerprint density at radius 3 is 2.67 bits per heavy atom. The Kier molecular flexibility index (Phi) is 1.93. The van der Waals surface area contributed by atoms with Crippen LogP contribution in [0.2, 0.25) is 0 Å². The Morgan fingerprint density at radius 1 is 0.833 bits per heavy atom. The molecule has 0 unspecified atom stereocenters. The molecule has 18 heavy (non-hydrogen) atoms. The number of rotatable bonds is 0. The first-order chi connectivity index (χ1) is 8.83. The highest BCUT2D eigenvalue weighted by molar-refractivity contribution is 6.75. The summed E-state index contributed by atoms with van der Waals surface area (Å²) in [5.74, 6) is 0. The zero-order chi connectivity index (χ0) is 12.1. The summed E-state index contributed by atoms with van der Waals surface area (Å²) in [4.78, 5) is 0. The molecule has 0 saturated carbocycles. The van der Waals surface area contributed by atoms with Crippen LogP contribution >= 0.6 is 0 Å². The third kappa shape index (κ3) is 1.28. The van der Waals surface area contributed by atoms with Crippen molar-refractivity contribution in [3.63, 3.8) is 0 Å². The number of hydrogen-bond donors (Lipinski definition) is 0. The molecule has 1 heterocycles. The van der Waals surface area contributed by atoms with Gasteiger partial charge in [0.05, 0.1) is 0 Å². The minimum Gasteiger partial charge on any atom is -0.0737 e. The lowest BCUT2D eigenvalue weighted by Crippen LogP contribution is -2.21. The van der Waals surface area contributed by atoms with Crippen LogP contribution in [0, 0.1) is 6.92 Å². The van der Waals surface area contributed by atoms with E-state index >= 15 is 0 Å². The summed E-state index contributed by atoms with van der Waals surface area (Å²) in [7, 11) is 2.31. The van der Waals surface area contributed by atoms with E-state index in [1.54, 1.807) is 0 Å². The first-order valence-electron chi connectivity index (χ1n) is 6.30. The fourth-order valence-electron chi connectivity index (χ4n) is 2.89. The lowest BCUT2D eigenvalue weighted by molar-refractivity contribution is 1.51. The summed E-state index contributed by atoms with van der Waals surface area (Å²) < 4.78 is 0. The highest BCUT2D eigenvalue weighted by Crippen LogP contribution is 2.25. The average molecular weight is 227 g/mol. The molecular formula is C17H12B. The van der Waals surface area contributed by atoms with Crippen LogP contribution in [0.3, 0.4) is 0 Å². The van der Waals surface area contributed by atoms with Gasteiger partial charge in [-0.15, -0.1) is 0 Å². The van der Waals surface area contributed by atoms with Crippen LogP contribution in [0.5, 0.6) is 0 Å². The lowest BCUT2D eigenvalue weighted by atomic mass is 9.66. The van der Waals surface area contributed by atoms with Crippen molar-refractivity contribution in [3.05, 3.63) is 60.2 Å². The van der Waals surface area contributed by atoms with E-state index in [1.165, 1.54) is 38.4 Å². The Hall–Kier alpha value is -2.02. The van der Waals surface area contributed by atoms with Crippen molar-refractivity contribution < 1.29 is 0 Å². The third-order valence-electron chi connectivity index (χ3n) is 3.77. The van der Waals surface area contributed by atoms with Gasteiger partial charge >= 0.3 is 0 Å². The molecular weight excluding hydrogens is 215 g/mol. The van der Waals surface area contributed by atoms with E-state index in [0.29, 0.717) is 0 Å². The fourth-order valence-corrected chi connectivity index (χ4v) is 2.89. The summed E-state index contributed by atoms with van der Waals surface area (Å²) in [5, 5.41) is 2.69. The maximum Gasteiger partial charge on any atom is 0.193 e. The van der Waals surface area contributed by atoms with Crippen LogP contribution < -0.4 is 10.9 Å². The second-order valence-electron chi connectivity index (χ2n) is 4.98. The molecule has 83 valence electrons. The molecule has 0 aromatic heterocycles. The molecule has 4 rings (SSSR count). The number of aryl methyl sites for hydroxylation is 1. The molecule has 0 nitrogen and oxygen atoms in total. The van der Waals surface area contributed by atoms with E-state index in [2.05, 4.69) is 68.8 Å². The highest BCUT2D eigenvalue weighted by Gasteiger charge is 2.20. The van der Waals surface area contributed by atoms with E-state index < -0.39 is 0 Å². The largest absolute Gasteiger partial charge is 0.193 e. The van der Waals surface area contributed by atoms with Crippen LogP contribution in [0.1, 0.15) is 5.56 Å². The quantitative estimate of drug-likeness (QED) is 0.405. The van der Waals surface area contributed by atoms with Gasteiger partial charge in [0.2, 0.25) is 0 Å². The van der Waals surface area contributed by atoms with Gasteiger partial charge in [0.15, 0.2) is 7.28 Å². The summed E-state index contributed by atoms with van der Waals surface area (Å²) in [6.07, 6.45) is 0. The van der Waals surface area contributed by atoms with Crippen molar-refractivity contribution in [3.8, 4) is 11.1 Å². The molecule has 3 aromatic rings. The molecule has 0 bridgehead atoms. The molecule has 0 fully saturated rings. The third-order valence-corrected chi connectivity index (χ3v) is 3.77. The van der Waals surface area contributed by atoms with E-state index in [4.69, 9.17) is 0 Å². The van der Waals surface area contributed by atoms with E-state index in [-0.39, 0.29) is 0 Å². The zero-order valence-electron chi connectivity index (χ0n) is 10.3. The summed E-state index contributed by atoms with van der Waals surface area (Å²) in [6, 6.07) is 19.8. The molecule has 0 N–H and O–H groups in total. The Bertz CT molecular complexity index is 772. The predicted molar refractivity (Wildman–Crippen MR) is 79.1 cm³/mol. The van der Waals surface area contributed by atoms with Gasteiger partial charge in [0.1, 0.15) is 0 Å². The zero-order valence-corrected chi connectivity index (χ0v) is 10.3. The van der Waals surface area contributed by atoms with Gasteiger partial charge in [-0.1, -0.05) is 71.1 Å².